The third-order valence-corrected chi connectivity index (χ3v) is 2.92. The van der Waals surface area contributed by atoms with E-state index in [4.69, 9.17) is 0 Å². The van der Waals surface area contributed by atoms with Crippen molar-refractivity contribution in [1.29, 1.82) is 0 Å². The van der Waals surface area contributed by atoms with Crippen LogP contribution in [0.3, 0.4) is 0 Å². The molecule has 2 aromatic rings. The van der Waals surface area contributed by atoms with Crippen LogP contribution >= 0.6 is 0 Å². The van der Waals surface area contributed by atoms with Gasteiger partial charge in [-0.3, -0.25) is 4.79 Å². The van der Waals surface area contributed by atoms with Crippen molar-refractivity contribution in [3.63, 3.8) is 0 Å². The standard InChI is InChI=1S/C13H7BF2O2/c15-14(16)18-11-7-5-9-3-1-2-8-4-6-10(17)13(11)12(8)9/h1-7H. The minimum atomic E-state index is -2.94. The summed E-state index contributed by atoms with van der Waals surface area (Å²) in [6.45, 7) is 0. The number of benzene rings is 2. The quantitative estimate of drug-likeness (QED) is 0.757. The highest BCUT2D eigenvalue weighted by molar-refractivity contribution is 6.36. The van der Waals surface area contributed by atoms with E-state index in [1.54, 1.807) is 12.1 Å². The molecule has 1 aliphatic carbocycles. The van der Waals surface area contributed by atoms with Crippen LogP contribution < -0.4 is 4.65 Å². The van der Waals surface area contributed by atoms with E-state index < -0.39 is 7.47 Å². The first-order valence-corrected chi connectivity index (χ1v) is 5.40. The Kier molecular flexibility index (Phi) is 2.40. The molecule has 0 bridgehead atoms. The van der Waals surface area contributed by atoms with Crippen molar-refractivity contribution in [3.05, 3.63) is 47.5 Å². The third-order valence-electron chi connectivity index (χ3n) is 2.92. The van der Waals surface area contributed by atoms with Gasteiger partial charge in [-0.2, -0.15) is 0 Å². The SMILES string of the molecule is O=C1C=Cc2cccc3ccc(OB(F)F)c1c23. The maximum Gasteiger partial charge on any atom is 0.796 e. The van der Waals surface area contributed by atoms with Crippen molar-refractivity contribution in [2.24, 2.45) is 0 Å². The van der Waals surface area contributed by atoms with Gasteiger partial charge in [-0.15, -0.1) is 0 Å². The summed E-state index contributed by atoms with van der Waals surface area (Å²) in [6, 6.07) is 8.61. The van der Waals surface area contributed by atoms with Crippen LogP contribution in [0.15, 0.2) is 36.4 Å². The monoisotopic (exact) mass is 244 g/mol. The molecule has 0 heterocycles. The molecule has 1 aliphatic rings. The number of hydrogen-bond acceptors (Lipinski definition) is 2. The zero-order valence-corrected chi connectivity index (χ0v) is 9.19. The molecule has 0 radical (unpaired) electrons. The van der Waals surface area contributed by atoms with Gasteiger partial charge in [-0.1, -0.05) is 30.3 Å². The smallest absolute Gasteiger partial charge is 0.505 e. The van der Waals surface area contributed by atoms with E-state index in [9.17, 15) is 13.4 Å². The van der Waals surface area contributed by atoms with Gasteiger partial charge < -0.3 is 4.65 Å². The van der Waals surface area contributed by atoms with Gasteiger partial charge in [0.05, 0.1) is 5.56 Å². The van der Waals surface area contributed by atoms with Crippen LogP contribution in [0.4, 0.5) is 8.63 Å². The van der Waals surface area contributed by atoms with Crippen molar-refractivity contribution in [2.75, 3.05) is 0 Å². The first-order valence-electron chi connectivity index (χ1n) is 5.40. The molecule has 5 heteroatoms. The fourth-order valence-corrected chi connectivity index (χ4v) is 2.21. The van der Waals surface area contributed by atoms with Crippen molar-refractivity contribution in [3.8, 4) is 5.75 Å². The predicted molar refractivity (Wildman–Crippen MR) is 65.9 cm³/mol. The second-order valence-electron chi connectivity index (χ2n) is 3.96. The van der Waals surface area contributed by atoms with Gasteiger partial charge in [0.15, 0.2) is 5.78 Å². The predicted octanol–water partition coefficient (Wildman–Crippen LogP) is 3.35. The lowest BCUT2D eigenvalue weighted by atomic mass is 9.91. The van der Waals surface area contributed by atoms with Crippen LogP contribution in [-0.2, 0) is 0 Å². The van der Waals surface area contributed by atoms with Gasteiger partial charge in [0.1, 0.15) is 5.75 Å². The largest absolute Gasteiger partial charge is 0.796 e. The first kappa shape index (κ1) is 11.0. The van der Waals surface area contributed by atoms with Crippen molar-refractivity contribution in [1.82, 2.24) is 0 Å². The zero-order chi connectivity index (χ0) is 12.7. The highest BCUT2D eigenvalue weighted by Gasteiger charge is 2.25. The summed E-state index contributed by atoms with van der Waals surface area (Å²) < 4.78 is 29.1. The zero-order valence-electron chi connectivity index (χ0n) is 9.19. The second-order valence-corrected chi connectivity index (χ2v) is 3.96. The molecule has 0 saturated carbocycles. The molecule has 18 heavy (non-hydrogen) atoms. The molecule has 88 valence electrons. The maximum atomic E-state index is 12.3. The van der Waals surface area contributed by atoms with Crippen LogP contribution in [-0.4, -0.2) is 13.3 Å². The van der Waals surface area contributed by atoms with Gasteiger partial charge in [-0.25, -0.2) is 8.63 Å². The summed E-state index contributed by atoms with van der Waals surface area (Å²) in [5.74, 6) is -0.380. The summed E-state index contributed by atoms with van der Waals surface area (Å²) in [6.07, 6.45) is 3.05. The van der Waals surface area contributed by atoms with Gasteiger partial charge >= 0.3 is 7.47 Å². The van der Waals surface area contributed by atoms with Crippen LogP contribution in [0.1, 0.15) is 15.9 Å². The molecule has 0 aliphatic heterocycles. The Bertz CT molecular complexity index is 680. The molecule has 0 saturated heterocycles. The van der Waals surface area contributed by atoms with Gasteiger partial charge in [-0.05, 0) is 23.1 Å². The Morgan fingerprint density at radius 3 is 2.67 bits per heavy atom. The van der Waals surface area contributed by atoms with Crippen molar-refractivity contribution >= 4 is 30.1 Å². The van der Waals surface area contributed by atoms with E-state index >= 15 is 0 Å². The van der Waals surface area contributed by atoms with E-state index in [1.165, 1.54) is 12.1 Å². The van der Waals surface area contributed by atoms with E-state index in [-0.39, 0.29) is 17.1 Å². The van der Waals surface area contributed by atoms with Gasteiger partial charge in [0.25, 0.3) is 0 Å². The van der Waals surface area contributed by atoms with E-state index in [2.05, 4.69) is 4.65 Å². The molecule has 3 rings (SSSR count). The Labute approximate surface area is 102 Å². The molecule has 0 spiro atoms. The van der Waals surface area contributed by atoms with Gasteiger partial charge in [0, 0.05) is 5.39 Å². The number of halogens is 2. The minimum absolute atomic E-state index is 0.0701. The van der Waals surface area contributed by atoms with Crippen LogP contribution in [0.25, 0.3) is 16.8 Å². The van der Waals surface area contributed by atoms with Crippen LogP contribution in [0.5, 0.6) is 5.75 Å². The summed E-state index contributed by atoms with van der Waals surface area (Å²) in [4.78, 5) is 11.9. The van der Waals surface area contributed by atoms with E-state index in [0.717, 1.165) is 10.9 Å². The summed E-state index contributed by atoms with van der Waals surface area (Å²) in [5, 5.41) is 1.50. The van der Waals surface area contributed by atoms with E-state index in [0.29, 0.717) is 5.39 Å². The Hall–Kier alpha value is -2.17. The average molecular weight is 244 g/mol. The summed E-state index contributed by atoms with van der Waals surface area (Å²) in [7, 11) is -2.94. The fourth-order valence-electron chi connectivity index (χ4n) is 2.21. The molecule has 0 amide bonds. The molecule has 0 atom stereocenters. The van der Waals surface area contributed by atoms with E-state index in [1.807, 2.05) is 18.2 Å². The topological polar surface area (TPSA) is 26.3 Å². The Balaban J connectivity index is 2.34. The lowest BCUT2D eigenvalue weighted by molar-refractivity contribution is 0.104. The first-order chi connectivity index (χ1) is 8.66. The summed E-state index contributed by atoms with van der Waals surface area (Å²) >= 11 is 0. The normalized spacial score (nSPS) is 12.9. The number of carbonyl (C=O) groups excluding carboxylic acids is 1. The van der Waals surface area contributed by atoms with Crippen LogP contribution in [0, 0.1) is 0 Å². The molecule has 2 nitrogen and oxygen atoms in total. The molecular formula is C13H7BF2O2. The lowest BCUT2D eigenvalue weighted by Crippen LogP contribution is -2.13. The number of allylic oxidation sites excluding steroid dienone is 1. The highest BCUT2D eigenvalue weighted by Crippen LogP contribution is 2.34. The number of ketones is 1. The summed E-state index contributed by atoms with van der Waals surface area (Å²) in [5.41, 5.74) is 1.05. The fraction of sp³-hybridized carbons (Fsp3) is 0. The average Bonchev–Trinajstić information content (AvgIpc) is 2.34. The molecule has 0 aromatic heterocycles. The van der Waals surface area contributed by atoms with Crippen molar-refractivity contribution in [2.45, 2.75) is 0 Å². The van der Waals surface area contributed by atoms with Crippen LogP contribution in [0.2, 0.25) is 0 Å². The minimum Gasteiger partial charge on any atom is -0.505 e. The molecule has 0 fully saturated rings. The number of carbonyl (C=O) groups is 1. The molecule has 0 N–H and O–H groups in total. The Morgan fingerprint density at radius 1 is 1.06 bits per heavy atom. The van der Waals surface area contributed by atoms with Crippen molar-refractivity contribution < 1.29 is 18.1 Å². The maximum absolute atomic E-state index is 12.3. The third kappa shape index (κ3) is 1.59. The molecular weight excluding hydrogens is 237 g/mol. The lowest BCUT2D eigenvalue weighted by Gasteiger charge is -2.15. The molecule has 0 unspecified atom stereocenters. The highest BCUT2D eigenvalue weighted by atomic mass is 19.2. The van der Waals surface area contributed by atoms with Gasteiger partial charge in [0.2, 0.25) is 0 Å². The number of rotatable bonds is 2. The number of hydrogen-bond donors (Lipinski definition) is 0. The Morgan fingerprint density at radius 2 is 1.89 bits per heavy atom. The molecule has 2 aromatic carbocycles. The second kappa shape index (κ2) is 3.94.